The summed E-state index contributed by atoms with van der Waals surface area (Å²) in [5, 5.41) is 16.6. The number of para-hydroxylation sites is 1. The molecule has 8 heteroatoms. The number of hydrogen-bond donors (Lipinski definition) is 2. The van der Waals surface area contributed by atoms with Gasteiger partial charge in [0.25, 0.3) is 0 Å². The van der Waals surface area contributed by atoms with Gasteiger partial charge in [0, 0.05) is 22.5 Å². The van der Waals surface area contributed by atoms with Crippen molar-refractivity contribution in [2.75, 3.05) is 13.2 Å². The van der Waals surface area contributed by atoms with Crippen molar-refractivity contribution in [3.63, 3.8) is 0 Å². The van der Waals surface area contributed by atoms with Crippen LogP contribution in [0, 0.1) is 13.8 Å². The first-order chi connectivity index (χ1) is 14.3. The Labute approximate surface area is 178 Å². The Balaban J connectivity index is 0.000000469. The lowest BCUT2D eigenvalue weighted by Gasteiger charge is -2.11. The number of carbonyl (C=O) groups is 2. The molecular weight excluding hydrogens is 410 g/mol. The molecule has 2 N–H and O–H groups in total. The summed E-state index contributed by atoms with van der Waals surface area (Å²) in [6, 6.07) is 15.7. The van der Waals surface area contributed by atoms with Crippen LogP contribution in [-0.4, -0.2) is 40.3 Å². The Morgan fingerprint density at radius 3 is 2.23 bits per heavy atom. The summed E-state index contributed by atoms with van der Waals surface area (Å²) < 4.78 is 11.7. The number of pyridine rings is 1. The van der Waals surface area contributed by atoms with Crippen LogP contribution in [0.2, 0.25) is 5.02 Å². The second-order valence-electron chi connectivity index (χ2n) is 6.35. The molecule has 0 amide bonds. The zero-order chi connectivity index (χ0) is 22.1. The second kappa shape index (κ2) is 11.0. The lowest BCUT2D eigenvalue weighted by molar-refractivity contribution is -0.159. The predicted octanol–water partition coefficient (Wildman–Crippen LogP) is 4.51. The fourth-order valence-corrected chi connectivity index (χ4v) is 2.76. The van der Waals surface area contributed by atoms with E-state index in [1.54, 1.807) is 0 Å². The molecule has 30 heavy (non-hydrogen) atoms. The maximum Gasteiger partial charge on any atom is 0.414 e. The SMILES string of the molecule is Cc1ccc2cccc(OCCCOc3ccc(Cl)cc3C)c2n1.O=C(O)C(=O)O. The molecule has 1 heterocycles. The minimum absolute atomic E-state index is 0.585. The van der Waals surface area contributed by atoms with Crippen LogP contribution in [0.4, 0.5) is 0 Å². The number of aromatic nitrogens is 1. The second-order valence-corrected chi connectivity index (χ2v) is 6.79. The molecule has 158 valence electrons. The van der Waals surface area contributed by atoms with Crippen molar-refractivity contribution in [3.05, 3.63) is 64.8 Å². The van der Waals surface area contributed by atoms with E-state index in [0.717, 1.165) is 45.1 Å². The molecule has 0 saturated carbocycles. The van der Waals surface area contributed by atoms with Gasteiger partial charge < -0.3 is 19.7 Å². The van der Waals surface area contributed by atoms with E-state index in [1.165, 1.54) is 0 Å². The average molecular weight is 432 g/mol. The number of aliphatic carboxylic acids is 2. The van der Waals surface area contributed by atoms with Gasteiger partial charge in [-0.15, -0.1) is 0 Å². The highest BCUT2D eigenvalue weighted by Gasteiger charge is 2.05. The molecule has 0 aliphatic heterocycles. The van der Waals surface area contributed by atoms with Crippen molar-refractivity contribution in [2.45, 2.75) is 20.3 Å². The lowest BCUT2D eigenvalue weighted by Crippen LogP contribution is -2.09. The standard InChI is InChI=1S/C20H20ClNO2.C2H2O4/c1-14-13-17(21)9-10-18(14)23-11-4-12-24-19-6-3-5-16-8-7-15(2)22-20(16)19;3-1(4)2(5)6/h3,5-10,13H,4,11-12H2,1-2H3;(H,3,4)(H,5,6). The zero-order valence-electron chi connectivity index (χ0n) is 16.6. The molecule has 0 unspecified atom stereocenters. The van der Waals surface area contributed by atoms with Crippen molar-refractivity contribution in [1.29, 1.82) is 0 Å². The number of carboxylic acids is 2. The van der Waals surface area contributed by atoms with Gasteiger partial charge in [-0.3, -0.25) is 0 Å². The maximum absolute atomic E-state index is 9.10. The Kier molecular flexibility index (Phi) is 8.43. The van der Waals surface area contributed by atoms with Gasteiger partial charge in [-0.05, 0) is 49.7 Å². The summed E-state index contributed by atoms with van der Waals surface area (Å²) in [7, 11) is 0. The van der Waals surface area contributed by atoms with E-state index >= 15 is 0 Å². The van der Waals surface area contributed by atoms with Gasteiger partial charge in [-0.1, -0.05) is 29.8 Å². The molecule has 0 bridgehead atoms. The van der Waals surface area contributed by atoms with Crippen LogP contribution < -0.4 is 9.47 Å². The van der Waals surface area contributed by atoms with Gasteiger partial charge >= 0.3 is 11.9 Å². The fourth-order valence-electron chi connectivity index (χ4n) is 2.53. The third-order valence-corrected chi connectivity index (χ3v) is 4.18. The Morgan fingerprint density at radius 2 is 1.60 bits per heavy atom. The highest BCUT2D eigenvalue weighted by molar-refractivity contribution is 6.30. The monoisotopic (exact) mass is 431 g/mol. The number of carboxylic acid groups (broad SMARTS) is 2. The van der Waals surface area contributed by atoms with Crippen LogP contribution in [0.1, 0.15) is 17.7 Å². The highest BCUT2D eigenvalue weighted by atomic mass is 35.5. The molecule has 0 fully saturated rings. The van der Waals surface area contributed by atoms with Crippen molar-refractivity contribution in [3.8, 4) is 11.5 Å². The van der Waals surface area contributed by atoms with Crippen LogP contribution >= 0.6 is 11.6 Å². The molecule has 0 radical (unpaired) electrons. The van der Waals surface area contributed by atoms with Gasteiger partial charge in [0.05, 0.1) is 13.2 Å². The van der Waals surface area contributed by atoms with Gasteiger partial charge in [-0.25, -0.2) is 14.6 Å². The minimum Gasteiger partial charge on any atom is -0.493 e. The van der Waals surface area contributed by atoms with Crippen LogP contribution in [-0.2, 0) is 9.59 Å². The van der Waals surface area contributed by atoms with Crippen molar-refractivity contribution < 1.29 is 29.3 Å². The third kappa shape index (κ3) is 6.93. The predicted molar refractivity (Wildman–Crippen MR) is 114 cm³/mol. The highest BCUT2D eigenvalue weighted by Crippen LogP contribution is 2.24. The molecule has 1 aromatic heterocycles. The number of rotatable bonds is 6. The fraction of sp³-hybridized carbons (Fsp3) is 0.227. The van der Waals surface area contributed by atoms with E-state index in [0.29, 0.717) is 13.2 Å². The summed E-state index contributed by atoms with van der Waals surface area (Å²) in [5.41, 5.74) is 2.93. The van der Waals surface area contributed by atoms with Crippen molar-refractivity contribution in [2.24, 2.45) is 0 Å². The number of halogens is 1. The average Bonchev–Trinajstić information content (AvgIpc) is 2.69. The summed E-state index contributed by atoms with van der Waals surface area (Å²) in [6.45, 7) is 5.15. The Bertz CT molecular complexity index is 1030. The molecule has 2 aromatic carbocycles. The van der Waals surface area contributed by atoms with Crippen LogP contribution in [0.25, 0.3) is 10.9 Å². The van der Waals surface area contributed by atoms with Gasteiger partial charge in [0.2, 0.25) is 0 Å². The first kappa shape index (κ1) is 23.0. The number of hydrogen-bond acceptors (Lipinski definition) is 5. The van der Waals surface area contributed by atoms with E-state index in [4.69, 9.17) is 40.9 Å². The summed E-state index contributed by atoms with van der Waals surface area (Å²) in [6.07, 6.45) is 0.796. The first-order valence-electron chi connectivity index (χ1n) is 9.12. The molecule has 7 nitrogen and oxygen atoms in total. The number of benzene rings is 2. The molecule has 0 saturated heterocycles. The summed E-state index contributed by atoms with van der Waals surface area (Å²) in [4.78, 5) is 22.8. The molecule has 3 rings (SSSR count). The van der Waals surface area contributed by atoms with E-state index in [2.05, 4.69) is 11.1 Å². The van der Waals surface area contributed by atoms with Crippen molar-refractivity contribution in [1.82, 2.24) is 4.98 Å². The van der Waals surface area contributed by atoms with Crippen LogP contribution in [0.5, 0.6) is 11.5 Å². The van der Waals surface area contributed by atoms with E-state index < -0.39 is 11.9 Å². The minimum atomic E-state index is -1.82. The van der Waals surface area contributed by atoms with Gasteiger partial charge in [0.15, 0.2) is 0 Å². The lowest BCUT2D eigenvalue weighted by atomic mass is 10.2. The van der Waals surface area contributed by atoms with E-state index in [-0.39, 0.29) is 0 Å². The Hall–Kier alpha value is -3.32. The third-order valence-electron chi connectivity index (χ3n) is 3.95. The summed E-state index contributed by atoms with van der Waals surface area (Å²) in [5.74, 6) is -1.97. The molecule has 3 aromatic rings. The molecule has 0 atom stereocenters. The van der Waals surface area contributed by atoms with Gasteiger partial charge in [-0.2, -0.15) is 0 Å². The largest absolute Gasteiger partial charge is 0.493 e. The number of fused-ring (bicyclic) bond motifs is 1. The van der Waals surface area contributed by atoms with E-state index in [9.17, 15) is 0 Å². The quantitative estimate of drug-likeness (QED) is 0.437. The number of ether oxygens (including phenoxy) is 2. The summed E-state index contributed by atoms with van der Waals surface area (Å²) >= 11 is 5.95. The number of nitrogens with zero attached hydrogens (tertiary/aromatic N) is 1. The van der Waals surface area contributed by atoms with E-state index in [1.807, 2.05) is 56.3 Å². The Morgan fingerprint density at radius 1 is 0.933 bits per heavy atom. The molecular formula is C22H22ClNO6. The number of aryl methyl sites for hydroxylation is 2. The smallest absolute Gasteiger partial charge is 0.414 e. The van der Waals surface area contributed by atoms with Crippen LogP contribution in [0.3, 0.4) is 0 Å². The normalized spacial score (nSPS) is 10.1. The maximum atomic E-state index is 9.10. The molecule has 0 aliphatic rings. The zero-order valence-corrected chi connectivity index (χ0v) is 17.3. The topological polar surface area (TPSA) is 106 Å². The molecule has 0 aliphatic carbocycles. The van der Waals surface area contributed by atoms with Crippen molar-refractivity contribution >= 4 is 34.4 Å². The van der Waals surface area contributed by atoms with Gasteiger partial charge in [0.1, 0.15) is 17.0 Å². The van der Waals surface area contributed by atoms with Crippen LogP contribution in [0.15, 0.2) is 48.5 Å². The molecule has 0 spiro atoms. The first-order valence-corrected chi connectivity index (χ1v) is 9.50.